The number of esters is 1. The Hall–Kier alpha value is -3.54. The van der Waals surface area contributed by atoms with E-state index in [1.807, 2.05) is 47.6 Å². The maximum Gasteiger partial charge on any atom is 0.459 e. The number of morpholine rings is 1. The monoisotopic (exact) mass is 684 g/mol. The lowest BCUT2D eigenvalue weighted by Crippen LogP contribution is -2.40. The number of benzene rings is 2. The molecule has 3 N–H and O–H groups in total. The van der Waals surface area contributed by atoms with Crippen LogP contribution < -0.4 is 20.4 Å². The first-order chi connectivity index (χ1) is 22.5. The second-order valence-corrected chi connectivity index (χ2v) is 15.6. The summed E-state index contributed by atoms with van der Waals surface area (Å²) in [7, 11) is -4.15. The quantitative estimate of drug-likeness (QED) is 0.159. The molecule has 1 fully saturated rings. The fraction of sp³-hybridized carbons (Fsp3) is 0.514. The summed E-state index contributed by atoms with van der Waals surface area (Å²) in [4.78, 5) is 44.9. The van der Waals surface area contributed by atoms with E-state index >= 15 is 0 Å². The molecule has 1 aromatic heterocycles. The van der Waals surface area contributed by atoms with Crippen LogP contribution in [0.25, 0.3) is 10.9 Å². The molecule has 0 spiro atoms. The van der Waals surface area contributed by atoms with Crippen LogP contribution in [0.1, 0.15) is 76.9 Å². The molecule has 262 valence electrons. The number of hydrogen-bond acceptors (Lipinski definition) is 9. The number of carbonyl (C=O) groups excluding carboxylic acids is 2. The highest BCUT2D eigenvalue weighted by Gasteiger charge is 2.35. The molecule has 2 atom stereocenters. The van der Waals surface area contributed by atoms with Crippen LogP contribution in [0, 0.1) is 0 Å². The fourth-order valence-electron chi connectivity index (χ4n) is 5.40. The largest absolute Gasteiger partial charge is 0.463 e. The molecule has 3 aromatic rings. The maximum absolute atomic E-state index is 14.2. The van der Waals surface area contributed by atoms with Crippen molar-refractivity contribution in [2.45, 2.75) is 72.3 Å². The van der Waals surface area contributed by atoms with Gasteiger partial charge in [0.05, 0.1) is 19.8 Å². The summed E-state index contributed by atoms with van der Waals surface area (Å²) in [6.07, 6.45) is 1.40. The molecule has 48 heavy (non-hydrogen) atoms. The smallest absolute Gasteiger partial charge is 0.459 e. The number of para-hydroxylation sites is 1. The van der Waals surface area contributed by atoms with Gasteiger partial charge in [0.25, 0.3) is 5.91 Å². The van der Waals surface area contributed by atoms with E-state index in [1.165, 1.54) is 13.1 Å². The molecule has 0 saturated carbocycles. The predicted octanol–water partition coefficient (Wildman–Crippen LogP) is 5.75. The predicted molar refractivity (Wildman–Crippen MR) is 187 cm³/mol. The lowest BCUT2D eigenvalue weighted by atomic mass is 9.79. The van der Waals surface area contributed by atoms with Gasteiger partial charge in [0.15, 0.2) is 0 Å². The molecular weight excluding hydrogens is 635 g/mol. The fourth-order valence-corrected chi connectivity index (χ4v) is 6.91. The summed E-state index contributed by atoms with van der Waals surface area (Å²) in [5, 5.41) is 6.04. The molecule has 0 bridgehead atoms. The SMILES string of the molecule is CCOP(=O)(N[C@@H](C)C(=O)OCCN1CCOCC1)Oc1cc(NC(=O)c2c[nH]c3ccccc3c2=O)c(C(C)(C)C)cc1C(C)(C)C. The summed E-state index contributed by atoms with van der Waals surface area (Å²) in [5.74, 6) is -1.02. The van der Waals surface area contributed by atoms with E-state index in [0.717, 1.165) is 18.7 Å². The Morgan fingerprint density at radius 1 is 1.04 bits per heavy atom. The van der Waals surface area contributed by atoms with E-state index in [4.69, 9.17) is 18.5 Å². The van der Waals surface area contributed by atoms with Gasteiger partial charge in [-0.1, -0.05) is 53.7 Å². The molecule has 1 aliphatic heterocycles. The van der Waals surface area contributed by atoms with Crippen molar-refractivity contribution in [3.05, 3.63) is 69.5 Å². The average molecular weight is 685 g/mol. The van der Waals surface area contributed by atoms with E-state index < -0.39 is 41.9 Å². The van der Waals surface area contributed by atoms with Gasteiger partial charge in [-0.2, -0.15) is 5.09 Å². The minimum Gasteiger partial charge on any atom is -0.463 e. The zero-order valence-electron chi connectivity index (χ0n) is 29.2. The zero-order valence-corrected chi connectivity index (χ0v) is 30.1. The van der Waals surface area contributed by atoms with Crippen LogP contribution in [0.5, 0.6) is 5.75 Å². The molecule has 1 saturated heterocycles. The number of pyridine rings is 1. The van der Waals surface area contributed by atoms with E-state index in [-0.39, 0.29) is 24.5 Å². The highest BCUT2D eigenvalue weighted by molar-refractivity contribution is 7.52. The number of nitrogens with one attached hydrogen (secondary N) is 3. The van der Waals surface area contributed by atoms with Crippen molar-refractivity contribution in [1.82, 2.24) is 15.0 Å². The second kappa shape index (κ2) is 15.3. The van der Waals surface area contributed by atoms with E-state index in [2.05, 4.69) is 20.3 Å². The van der Waals surface area contributed by atoms with Crippen molar-refractivity contribution >= 4 is 36.2 Å². The maximum atomic E-state index is 14.2. The number of nitrogens with zero attached hydrogens (tertiary/aromatic N) is 1. The lowest BCUT2D eigenvalue weighted by Gasteiger charge is -2.31. The van der Waals surface area contributed by atoms with Crippen LogP contribution in [0.3, 0.4) is 0 Å². The number of amides is 1. The van der Waals surface area contributed by atoms with Crippen LogP contribution in [0.15, 0.2) is 47.4 Å². The van der Waals surface area contributed by atoms with Crippen LogP contribution in [0.4, 0.5) is 5.69 Å². The Morgan fingerprint density at radius 3 is 2.35 bits per heavy atom. The number of ether oxygens (including phenoxy) is 2. The van der Waals surface area contributed by atoms with Gasteiger partial charge in [0.2, 0.25) is 5.43 Å². The molecule has 2 aromatic carbocycles. The first-order valence-corrected chi connectivity index (χ1v) is 17.9. The summed E-state index contributed by atoms with van der Waals surface area (Å²) in [6, 6.07) is 9.47. The van der Waals surface area contributed by atoms with E-state index in [0.29, 0.717) is 41.9 Å². The van der Waals surface area contributed by atoms with Crippen molar-refractivity contribution in [1.29, 1.82) is 0 Å². The third kappa shape index (κ3) is 9.33. The van der Waals surface area contributed by atoms with Crippen LogP contribution in [-0.4, -0.2) is 73.9 Å². The zero-order chi connectivity index (χ0) is 35.3. The second-order valence-electron chi connectivity index (χ2n) is 13.9. The number of fused-ring (bicyclic) bond motifs is 1. The third-order valence-electron chi connectivity index (χ3n) is 8.00. The molecule has 2 heterocycles. The summed E-state index contributed by atoms with van der Waals surface area (Å²) >= 11 is 0. The van der Waals surface area contributed by atoms with Gasteiger partial charge in [0, 0.05) is 54.1 Å². The van der Waals surface area contributed by atoms with E-state index in [9.17, 15) is 18.9 Å². The minimum atomic E-state index is -4.15. The standard InChI is InChI=1S/C35H49N4O8P/c1-9-46-48(43,38-23(2)33(42)45-19-16-39-14-17-44-18-15-39)47-30-21-29(26(34(3,4)5)20-27(30)35(6,7)8)37-32(41)25-22-36-28-13-11-10-12-24(28)31(25)40/h10-13,20-23H,9,14-19H2,1-8H3,(H,36,40)(H,37,41)(H,38,43)/t23-,48?/m0/s1. The number of hydrogen-bond donors (Lipinski definition) is 3. The van der Waals surface area contributed by atoms with Crippen LogP contribution in [-0.2, 0) is 34.2 Å². The highest BCUT2D eigenvalue weighted by atomic mass is 31.2. The molecule has 4 rings (SSSR count). The molecule has 0 aliphatic carbocycles. The molecule has 1 amide bonds. The molecule has 0 radical (unpaired) electrons. The Balaban J connectivity index is 1.64. The van der Waals surface area contributed by atoms with Crippen molar-refractivity contribution in [2.75, 3.05) is 51.4 Å². The average Bonchev–Trinajstić information content (AvgIpc) is 3.00. The van der Waals surface area contributed by atoms with Gasteiger partial charge >= 0.3 is 13.7 Å². The van der Waals surface area contributed by atoms with Gasteiger partial charge < -0.3 is 24.3 Å². The highest BCUT2D eigenvalue weighted by Crippen LogP contribution is 2.49. The normalized spacial score (nSPS) is 16.2. The third-order valence-corrected chi connectivity index (χ3v) is 9.73. The Bertz CT molecular complexity index is 1720. The van der Waals surface area contributed by atoms with Gasteiger partial charge in [-0.3, -0.25) is 23.8 Å². The number of carbonyl (C=O) groups is 2. The van der Waals surface area contributed by atoms with Crippen molar-refractivity contribution in [3.63, 3.8) is 0 Å². The molecule has 13 heteroatoms. The molecule has 12 nitrogen and oxygen atoms in total. The molecular formula is C35H49N4O8P. The van der Waals surface area contributed by atoms with Gasteiger partial charge in [-0.15, -0.1) is 0 Å². The number of anilines is 1. The van der Waals surface area contributed by atoms with E-state index in [1.54, 1.807) is 37.3 Å². The summed E-state index contributed by atoms with van der Waals surface area (Å²) in [6.45, 7) is 18.8. The van der Waals surface area contributed by atoms with Crippen molar-refractivity contribution in [2.24, 2.45) is 0 Å². The molecule has 1 aliphatic rings. The number of H-pyrrole nitrogens is 1. The first kappa shape index (κ1) is 37.3. The van der Waals surface area contributed by atoms with Crippen LogP contribution in [0.2, 0.25) is 0 Å². The Morgan fingerprint density at radius 2 is 1.71 bits per heavy atom. The van der Waals surface area contributed by atoms with Gasteiger partial charge in [0.1, 0.15) is 24.0 Å². The summed E-state index contributed by atoms with van der Waals surface area (Å²) in [5.41, 5.74) is 1.08. The number of rotatable bonds is 12. The topological polar surface area (TPSA) is 148 Å². The Labute approximate surface area is 282 Å². The number of aromatic nitrogens is 1. The molecule has 1 unspecified atom stereocenters. The van der Waals surface area contributed by atoms with Gasteiger partial charge in [-0.05, 0) is 48.4 Å². The summed E-state index contributed by atoms with van der Waals surface area (Å²) < 4.78 is 36.8. The first-order valence-electron chi connectivity index (χ1n) is 16.3. The minimum absolute atomic E-state index is 0.0301. The van der Waals surface area contributed by atoms with Gasteiger partial charge in [-0.25, -0.2) is 4.57 Å². The van der Waals surface area contributed by atoms with Crippen LogP contribution >= 0.6 is 7.75 Å². The van der Waals surface area contributed by atoms with Crippen molar-refractivity contribution in [3.8, 4) is 5.75 Å². The van der Waals surface area contributed by atoms with Crippen molar-refractivity contribution < 1.29 is 32.7 Å². The Kier molecular flexibility index (Phi) is 11.9. The number of aromatic amines is 1. The lowest BCUT2D eigenvalue weighted by molar-refractivity contribution is -0.146.